The molecule has 1 fully saturated rings. The van der Waals surface area contributed by atoms with Gasteiger partial charge in [0.25, 0.3) is 0 Å². The molecule has 1 aromatic rings. The summed E-state index contributed by atoms with van der Waals surface area (Å²) in [4.78, 5) is 2.52. The van der Waals surface area contributed by atoms with Crippen molar-refractivity contribution < 1.29 is 9.84 Å². The molecule has 1 atom stereocenters. The van der Waals surface area contributed by atoms with Crippen LogP contribution in [-0.4, -0.2) is 42.4 Å². The van der Waals surface area contributed by atoms with E-state index in [2.05, 4.69) is 43.9 Å². The first-order chi connectivity index (χ1) is 10.6. The van der Waals surface area contributed by atoms with Gasteiger partial charge in [-0.1, -0.05) is 19.9 Å². The summed E-state index contributed by atoms with van der Waals surface area (Å²) < 4.78 is 5.95. The standard InChI is InChI=1S/C19H31NO2/c1-15(2)19-9-8-18(14-16(19)3)22-13-11-20-10-4-6-17(20)7-5-12-21/h8-9,14-15,17,21H,4-7,10-13H2,1-3H3. The highest BCUT2D eigenvalue weighted by Crippen LogP contribution is 2.24. The molecule has 0 spiro atoms. The Morgan fingerprint density at radius 2 is 2.18 bits per heavy atom. The third-order valence-electron chi connectivity index (χ3n) is 4.71. The van der Waals surface area contributed by atoms with Gasteiger partial charge in [-0.3, -0.25) is 4.90 Å². The van der Waals surface area contributed by atoms with Crippen molar-refractivity contribution in [2.24, 2.45) is 0 Å². The predicted molar refractivity (Wildman–Crippen MR) is 91.7 cm³/mol. The quantitative estimate of drug-likeness (QED) is 0.794. The maximum absolute atomic E-state index is 8.98. The minimum Gasteiger partial charge on any atom is -0.492 e. The fourth-order valence-corrected chi connectivity index (χ4v) is 3.51. The predicted octanol–water partition coefficient (Wildman–Crippen LogP) is 3.73. The van der Waals surface area contributed by atoms with E-state index >= 15 is 0 Å². The summed E-state index contributed by atoms with van der Waals surface area (Å²) in [5, 5.41) is 8.98. The molecule has 0 aromatic heterocycles. The number of hydrogen-bond donors (Lipinski definition) is 1. The summed E-state index contributed by atoms with van der Waals surface area (Å²) in [7, 11) is 0. The lowest BCUT2D eigenvalue weighted by Crippen LogP contribution is -2.33. The molecule has 3 heteroatoms. The van der Waals surface area contributed by atoms with Gasteiger partial charge in [-0.05, 0) is 68.3 Å². The zero-order chi connectivity index (χ0) is 15.9. The highest BCUT2D eigenvalue weighted by Gasteiger charge is 2.23. The molecular weight excluding hydrogens is 274 g/mol. The van der Waals surface area contributed by atoms with Crippen LogP contribution in [0.25, 0.3) is 0 Å². The lowest BCUT2D eigenvalue weighted by molar-refractivity contribution is 0.180. The van der Waals surface area contributed by atoms with Crippen LogP contribution in [-0.2, 0) is 0 Å². The maximum Gasteiger partial charge on any atom is 0.119 e. The smallest absolute Gasteiger partial charge is 0.119 e. The van der Waals surface area contributed by atoms with Gasteiger partial charge in [0.1, 0.15) is 12.4 Å². The summed E-state index contributed by atoms with van der Waals surface area (Å²) in [5.41, 5.74) is 2.71. The number of ether oxygens (including phenoxy) is 1. The number of likely N-dealkylation sites (tertiary alicyclic amines) is 1. The summed E-state index contributed by atoms with van der Waals surface area (Å²) in [6.07, 6.45) is 4.57. The maximum atomic E-state index is 8.98. The Morgan fingerprint density at radius 3 is 2.86 bits per heavy atom. The Bertz CT molecular complexity index is 459. The van der Waals surface area contributed by atoms with Crippen LogP contribution >= 0.6 is 0 Å². The average Bonchev–Trinajstić information content (AvgIpc) is 2.92. The minimum atomic E-state index is 0.308. The van der Waals surface area contributed by atoms with Crippen molar-refractivity contribution in [3.8, 4) is 5.75 Å². The summed E-state index contributed by atoms with van der Waals surface area (Å²) in [5.74, 6) is 1.54. The zero-order valence-electron chi connectivity index (χ0n) is 14.3. The Hall–Kier alpha value is -1.06. The summed E-state index contributed by atoms with van der Waals surface area (Å²) in [6.45, 7) is 9.82. The number of benzene rings is 1. The SMILES string of the molecule is Cc1cc(OCCN2CCCC2CCCO)ccc1C(C)C. The number of hydrogen-bond acceptors (Lipinski definition) is 3. The molecule has 124 valence electrons. The molecule has 0 radical (unpaired) electrons. The van der Waals surface area contributed by atoms with Crippen LogP contribution < -0.4 is 4.74 Å². The highest BCUT2D eigenvalue weighted by molar-refractivity contribution is 5.36. The van der Waals surface area contributed by atoms with Crippen molar-refractivity contribution in [3.05, 3.63) is 29.3 Å². The van der Waals surface area contributed by atoms with Gasteiger partial charge in [-0.15, -0.1) is 0 Å². The summed E-state index contributed by atoms with van der Waals surface area (Å²) in [6, 6.07) is 7.08. The number of aliphatic hydroxyl groups excluding tert-OH is 1. The first kappa shape index (κ1) is 17.3. The monoisotopic (exact) mass is 305 g/mol. The lowest BCUT2D eigenvalue weighted by atomic mass is 9.98. The molecule has 1 aromatic carbocycles. The van der Waals surface area contributed by atoms with Crippen LogP contribution in [0.4, 0.5) is 0 Å². The first-order valence-electron chi connectivity index (χ1n) is 8.70. The molecule has 0 amide bonds. The molecule has 2 rings (SSSR count). The van der Waals surface area contributed by atoms with Crippen LogP contribution in [0.5, 0.6) is 5.75 Å². The average molecular weight is 305 g/mol. The van der Waals surface area contributed by atoms with Crippen LogP contribution in [0.3, 0.4) is 0 Å². The van der Waals surface area contributed by atoms with Gasteiger partial charge in [0.15, 0.2) is 0 Å². The molecule has 1 heterocycles. The van der Waals surface area contributed by atoms with E-state index in [0.717, 1.165) is 31.7 Å². The topological polar surface area (TPSA) is 32.7 Å². The molecule has 0 saturated carbocycles. The fourth-order valence-electron chi connectivity index (χ4n) is 3.51. The van der Waals surface area contributed by atoms with Crippen molar-refractivity contribution in [1.29, 1.82) is 0 Å². The Kier molecular flexibility index (Phi) is 6.71. The van der Waals surface area contributed by atoms with Gasteiger partial charge in [0, 0.05) is 19.2 Å². The van der Waals surface area contributed by atoms with Crippen LogP contribution in [0, 0.1) is 6.92 Å². The van der Waals surface area contributed by atoms with Gasteiger partial charge in [0.2, 0.25) is 0 Å². The van der Waals surface area contributed by atoms with Crippen molar-refractivity contribution in [1.82, 2.24) is 4.90 Å². The number of rotatable bonds is 8. The third kappa shape index (κ3) is 4.72. The van der Waals surface area contributed by atoms with E-state index in [1.54, 1.807) is 0 Å². The molecule has 3 nitrogen and oxygen atoms in total. The Labute approximate surface area is 135 Å². The van der Waals surface area contributed by atoms with E-state index in [4.69, 9.17) is 9.84 Å². The highest BCUT2D eigenvalue weighted by atomic mass is 16.5. The Morgan fingerprint density at radius 1 is 1.36 bits per heavy atom. The molecular formula is C19H31NO2. The molecule has 0 aliphatic carbocycles. The zero-order valence-corrected chi connectivity index (χ0v) is 14.3. The largest absolute Gasteiger partial charge is 0.492 e. The lowest BCUT2D eigenvalue weighted by Gasteiger charge is -2.24. The van der Waals surface area contributed by atoms with Crippen LogP contribution in [0.1, 0.15) is 56.6 Å². The normalized spacial score (nSPS) is 19.0. The van der Waals surface area contributed by atoms with Gasteiger partial charge >= 0.3 is 0 Å². The molecule has 1 aliphatic rings. The van der Waals surface area contributed by atoms with E-state index in [1.807, 2.05) is 0 Å². The number of nitrogens with zero attached hydrogens (tertiary/aromatic N) is 1. The molecule has 1 unspecified atom stereocenters. The van der Waals surface area contributed by atoms with E-state index in [9.17, 15) is 0 Å². The van der Waals surface area contributed by atoms with Gasteiger partial charge < -0.3 is 9.84 Å². The van der Waals surface area contributed by atoms with Gasteiger partial charge in [0.05, 0.1) is 0 Å². The first-order valence-corrected chi connectivity index (χ1v) is 8.70. The second kappa shape index (κ2) is 8.54. The molecule has 0 bridgehead atoms. The number of aliphatic hydroxyl groups is 1. The van der Waals surface area contributed by atoms with Crippen molar-refractivity contribution in [2.45, 2.75) is 58.4 Å². The second-order valence-electron chi connectivity index (χ2n) is 6.72. The van der Waals surface area contributed by atoms with Gasteiger partial charge in [-0.2, -0.15) is 0 Å². The van der Waals surface area contributed by atoms with Crippen LogP contribution in [0.2, 0.25) is 0 Å². The van der Waals surface area contributed by atoms with E-state index in [1.165, 1.54) is 30.5 Å². The summed E-state index contributed by atoms with van der Waals surface area (Å²) >= 11 is 0. The molecule has 1 aliphatic heterocycles. The Balaban J connectivity index is 1.79. The van der Waals surface area contributed by atoms with Crippen molar-refractivity contribution in [2.75, 3.05) is 26.3 Å². The molecule has 1 saturated heterocycles. The van der Waals surface area contributed by atoms with E-state index in [-0.39, 0.29) is 0 Å². The van der Waals surface area contributed by atoms with Gasteiger partial charge in [-0.25, -0.2) is 0 Å². The second-order valence-corrected chi connectivity index (χ2v) is 6.72. The number of aryl methyl sites for hydroxylation is 1. The van der Waals surface area contributed by atoms with Crippen LogP contribution in [0.15, 0.2) is 18.2 Å². The minimum absolute atomic E-state index is 0.308. The van der Waals surface area contributed by atoms with Crippen molar-refractivity contribution >= 4 is 0 Å². The molecule has 1 N–H and O–H groups in total. The third-order valence-corrected chi connectivity index (χ3v) is 4.71. The molecule has 22 heavy (non-hydrogen) atoms. The van der Waals surface area contributed by atoms with E-state index in [0.29, 0.717) is 18.6 Å². The van der Waals surface area contributed by atoms with E-state index < -0.39 is 0 Å². The fraction of sp³-hybridized carbons (Fsp3) is 0.684. The van der Waals surface area contributed by atoms with Crippen molar-refractivity contribution in [3.63, 3.8) is 0 Å².